The molecule has 2 aliphatic rings. The quantitative estimate of drug-likeness (QED) is 0.804. The van der Waals surface area contributed by atoms with Gasteiger partial charge in [0.2, 0.25) is 11.8 Å². The van der Waals surface area contributed by atoms with E-state index < -0.39 is 0 Å². The molecular formula is C22H27N5O3. The van der Waals surface area contributed by atoms with Crippen LogP contribution in [0.25, 0.3) is 0 Å². The zero-order chi connectivity index (χ0) is 21.3. The fourth-order valence-corrected chi connectivity index (χ4v) is 4.70. The summed E-state index contributed by atoms with van der Waals surface area (Å²) in [6, 6.07) is 9.50. The van der Waals surface area contributed by atoms with Gasteiger partial charge >= 0.3 is 0 Å². The summed E-state index contributed by atoms with van der Waals surface area (Å²) in [5.74, 6) is -0.586. The molecule has 30 heavy (non-hydrogen) atoms. The minimum atomic E-state index is -0.264. The maximum atomic E-state index is 12.9. The number of fused-ring (bicyclic) bond motifs is 1. The first-order valence-corrected chi connectivity index (χ1v) is 10.4. The molecule has 0 saturated carbocycles. The van der Waals surface area contributed by atoms with E-state index in [9.17, 15) is 14.4 Å². The minimum absolute atomic E-state index is 0.0302. The third-order valence-corrected chi connectivity index (χ3v) is 6.17. The van der Waals surface area contributed by atoms with Crippen molar-refractivity contribution in [1.29, 1.82) is 0 Å². The van der Waals surface area contributed by atoms with Gasteiger partial charge in [-0.2, -0.15) is 0 Å². The van der Waals surface area contributed by atoms with E-state index >= 15 is 0 Å². The predicted octanol–water partition coefficient (Wildman–Crippen LogP) is 1.19. The molecule has 0 spiro atoms. The van der Waals surface area contributed by atoms with Gasteiger partial charge in [-0.25, -0.2) is 4.98 Å². The van der Waals surface area contributed by atoms with Crippen LogP contribution in [-0.2, 0) is 23.2 Å². The van der Waals surface area contributed by atoms with Crippen LogP contribution in [-0.4, -0.2) is 62.2 Å². The smallest absolute Gasteiger partial charge is 0.272 e. The molecule has 8 nitrogen and oxygen atoms in total. The summed E-state index contributed by atoms with van der Waals surface area (Å²) in [6.07, 6.45) is 4.37. The Labute approximate surface area is 175 Å². The highest BCUT2D eigenvalue weighted by Crippen LogP contribution is 2.35. The second kappa shape index (κ2) is 8.30. The zero-order valence-electron chi connectivity index (χ0n) is 17.3. The Morgan fingerprint density at radius 3 is 2.67 bits per heavy atom. The van der Waals surface area contributed by atoms with E-state index in [-0.39, 0.29) is 42.3 Å². The van der Waals surface area contributed by atoms with E-state index in [1.165, 1.54) is 6.20 Å². The molecule has 1 aromatic heterocycles. The predicted molar refractivity (Wildman–Crippen MR) is 110 cm³/mol. The highest BCUT2D eigenvalue weighted by molar-refractivity contribution is 5.96. The average molecular weight is 409 g/mol. The number of nitrogens with one attached hydrogen (secondary N) is 1. The summed E-state index contributed by atoms with van der Waals surface area (Å²) < 4.78 is 1.66. The van der Waals surface area contributed by atoms with Gasteiger partial charge in [-0.05, 0) is 18.4 Å². The van der Waals surface area contributed by atoms with Crippen LogP contribution in [0, 0.1) is 5.92 Å². The van der Waals surface area contributed by atoms with Gasteiger partial charge in [-0.1, -0.05) is 37.3 Å². The molecule has 2 aromatic rings. The van der Waals surface area contributed by atoms with Gasteiger partial charge in [-0.15, -0.1) is 0 Å². The van der Waals surface area contributed by atoms with Crippen molar-refractivity contribution in [1.82, 2.24) is 24.7 Å². The number of benzene rings is 1. The fraction of sp³-hybridized carbons (Fsp3) is 0.455. The highest BCUT2D eigenvalue weighted by atomic mass is 16.2. The standard InChI is InChI=1S/C22H27N5O3/c1-3-18-17(21(29)24-10-15-7-5-4-6-8-15)9-16-12-26(13-20(28)27(16)18)22(30)19-11-23-14-25(19)2/h4-8,11,14,16-18H,3,9-10,12-13H2,1-2H3,(H,24,29)/t16-,17-,18-/m0/s1. The molecule has 8 heteroatoms. The van der Waals surface area contributed by atoms with Crippen molar-refractivity contribution < 1.29 is 14.4 Å². The molecule has 2 saturated heterocycles. The number of nitrogens with zero attached hydrogens (tertiary/aromatic N) is 4. The molecule has 2 fully saturated rings. The molecule has 1 N–H and O–H groups in total. The lowest BCUT2D eigenvalue weighted by Gasteiger charge is -2.39. The van der Waals surface area contributed by atoms with Crippen LogP contribution in [0.4, 0.5) is 0 Å². The Hall–Kier alpha value is -3.16. The van der Waals surface area contributed by atoms with Crippen molar-refractivity contribution >= 4 is 17.7 Å². The Morgan fingerprint density at radius 2 is 2.00 bits per heavy atom. The number of aromatic nitrogens is 2. The highest BCUT2D eigenvalue weighted by Gasteiger charge is 2.49. The largest absolute Gasteiger partial charge is 0.352 e. The molecule has 158 valence electrons. The number of hydrogen-bond donors (Lipinski definition) is 1. The summed E-state index contributed by atoms with van der Waals surface area (Å²) in [5.41, 5.74) is 1.50. The van der Waals surface area contributed by atoms with E-state index in [1.54, 1.807) is 22.8 Å². The molecule has 0 bridgehead atoms. The lowest BCUT2D eigenvalue weighted by atomic mass is 9.96. The van der Waals surface area contributed by atoms with Crippen molar-refractivity contribution in [3.8, 4) is 0 Å². The number of carbonyl (C=O) groups is 3. The molecule has 0 unspecified atom stereocenters. The second-order valence-electron chi connectivity index (χ2n) is 8.05. The van der Waals surface area contributed by atoms with Crippen LogP contribution < -0.4 is 5.32 Å². The van der Waals surface area contributed by atoms with Crippen LogP contribution >= 0.6 is 0 Å². The maximum absolute atomic E-state index is 12.9. The Kier molecular flexibility index (Phi) is 5.57. The number of imidazole rings is 1. The van der Waals surface area contributed by atoms with Crippen LogP contribution in [0.15, 0.2) is 42.9 Å². The van der Waals surface area contributed by atoms with Gasteiger partial charge in [0.05, 0.1) is 24.5 Å². The van der Waals surface area contributed by atoms with Crippen molar-refractivity contribution in [2.75, 3.05) is 13.1 Å². The van der Waals surface area contributed by atoms with Gasteiger partial charge in [0, 0.05) is 26.2 Å². The molecule has 0 radical (unpaired) electrons. The van der Waals surface area contributed by atoms with Crippen LogP contribution in [0.3, 0.4) is 0 Å². The summed E-state index contributed by atoms with van der Waals surface area (Å²) >= 11 is 0. The molecule has 0 aliphatic carbocycles. The third kappa shape index (κ3) is 3.69. The van der Waals surface area contributed by atoms with Gasteiger partial charge in [0.25, 0.3) is 5.91 Å². The normalized spacial score (nSPS) is 23.4. The van der Waals surface area contributed by atoms with Gasteiger partial charge in [-0.3, -0.25) is 14.4 Å². The lowest BCUT2D eigenvalue weighted by Crippen LogP contribution is -2.57. The van der Waals surface area contributed by atoms with Crippen LogP contribution in [0.1, 0.15) is 35.8 Å². The number of hydrogen-bond acceptors (Lipinski definition) is 4. The SMILES string of the molecule is CC[C@H]1[C@@H](C(=O)NCc2ccccc2)C[C@H]2CN(C(=O)c3cncn3C)CC(=O)N21. The summed E-state index contributed by atoms with van der Waals surface area (Å²) in [7, 11) is 1.76. The van der Waals surface area contributed by atoms with Crippen LogP contribution in [0.5, 0.6) is 0 Å². The number of rotatable bonds is 5. The number of carbonyl (C=O) groups excluding carboxylic acids is 3. The molecule has 2 aliphatic heterocycles. The van der Waals surface area contributed by atoms with E-state index in [1.807, 2.05) is 42.2 Å². The first-order chi connectivity index (χ1) is 14.5. The number of amides is 3. The minimum Gasteiger partial charge on any atom is -0.352 e. The summed E-state index contributed by atoms with van der Waals surface area (Å²) in [4.78, 5) is 46.2. The zero-order valence-corrected chi connectivity index (χ0v) is 17.3. The first-order valence-electron chi connectivity index (χ1n) is 10.4. The molecule has 4 rings (SSSR count). The summed E-state index contributed by atoms with van der Waals surface area (Å²) in [6.45, 7) is 2.95. The lowest BCUT2D eigenvalue weighted by molar-refractivity contribution is -0.139. The first kappa shape index (κ1) is 20.1. The monoisotopic (exact) mass is 409 g/mol. The van der Waals surface area contributed by atoms with Crippen molar-refractivity contribution in [2.45, 2.75) is 38.4 Å². The fourth-order valence-electron chi connectivity index (χ4n) is 4.70. The van der Waals surface area contributed by atoms with Gasteiger partial charge in [0.1, 0.15) is 12.2 Å². The van der Waals surface area contributed by atoms with E-state index in [4.69, 9.17) is 0 Å². The molecule has 3 atom stereocenters. The van der Waals surface area contributed by atoms with Gasteiger partial charge < -0.3 is 19.7 Å². The van der Waals surface area contributed by atoms with Crippen molar-refractivity contribution in [3.63, 3.8) is 0 Å². The average Bonchev–Trinajstić information content (AvgIpc) is 3.35. The topological polar surface area (TPSA) is 87.5 Å². The third-order valence-electron chi connectivity index (χ3n) is 6.17. The second-order valence-corrected chi connectivity index (χ2v) is 8.05. The Morgan fingerprint density at radius 1 is 1.23 bits per heavy atom. The molecule has 3 amide bonds. The van der Waals surface area contributed by atoms with Gasteiger partial charge in [0.15, 0.2) is 0 Å². The van der Waals surface area contributed by atoms with E-state index in [0.717, 1.165) is 5.56 Å². The van der Waals surface area contributed by atoms with E-state index in [2.05, 4.69) is 10.3 Å². The summed E-state index contributed by atoms with van der Waals surface area (Å²) in [5, 5.41) is 3.02. The maximum Gasteiger partial charge on any atom is 0.272 e. The molecular weight excluding hydrogens is 382 g/mol. The van der Waals surface area contributed by atoms with Crippen molar-refractivity contribution in [3.05, 3.63) is 54.1 Å². The number of aryl methyl sites for hydroxylation is 1. The van der Waals surface area contributed by atoms with E-state index in [0.29, 0.717) is 31.6 Å². The number of piperazine rings is 1. The van der Waals surface area contributed by atoms with Crippen molar-refractivity contribution in [2.24, 2.45) is 13.0 Å². The van der Waals surface area contributed by atoms with Crippen LogP contribution in [0.2, 0.25) is 0 Å². The Balaban J connectivity index is 1.45. The Bertz CT molecular complexity index is 941. The molecule has 3 heterocycles. The molecule has 1 aromatic carbocycles.